The Kier molecular flexibility index (Phi) is 4.26. The van der Waals surface area contributed by atoms with Crippen LogP contribution in [0.2, 0.25) is 0 Å². The topological polar surface area (TPSA) is 105 Å². The highest BCUT2D eigenvalue weighted by atomic mass is 16.4. The van der Waals surface area contributed by atoms with Gasteiger partial charge in [-0.25, -0.2) is 9.78 Å². The quantitative estimate of drug-likeness (QED) is 0.607. The first-order chi connectivity index (χ1) is 7.59. The van der Waals surface area contributed by atoms with Crippen LogP contribution in [0.15, 0.2) is 18.3 Å². The first-order valence-electron chi connectivity index (χ1n) is 4.81. The molecule has 0 fully saturated rings. The van der Waals surface area contributed by atoms with Crippen molar-refractivity contribution in [1.82, 2.24) is 4.98 Å². The maximum absolute atomic E-state index is 10.6. The predicted molar refractivity (Wildman–Crippen MR) is 58.1 cm³/mol. The molecule has 6 heteroatoms. The number of nitrogens with zero attached hydrogens (tertiary/aromatic N) is 1. The first kappa shape index (κ1) is 12.0. The van der Waals surface area contributed by atoms with Gasteiger partial charge in [-0.1, -0.05) is 0 Å². The second kappa shape index (κ2) is 5.69. The number of anilines is 1. The number of carbonyl (C=O) groups excluding carboxylic acids is 1. The smallest absolute Gasteiger partial charge is 0.354 e. The number of carboxylic acid groups (broad SMARTS) is 1. The minimum Gasteiger partial charge on any atom is -0.477 e. The molecule has 1 rings (SSSR count). The van der Waals surface area contributed by atoms with Crippen molar-refractivity contribution >= 4 is 17.6 Å². The maximum Gasteiger partial charge on any atom is 0.354 e. The van der Waals surface area contributed by atoms with Crippen LogP contribution in [0.3, 0.4) is 0 Å². The summed E-state index contributed by atoms with van der Waals surface area (Å²) in [6.07, 6.45) is 2.34. The van der Waals surface area contributed by atoms with Crippen molar-refractivity contribution < 1.29 is 14.7 Å². The summed E-state index contributed by atoms with van der Waals surface area (Å²) in [6.45, 7) is 0.562. The molecule has 0 aliphatic carbocycles. The molecule has 0 unspecified atom stereocenters. The number of nitrogens with two attached hydrogens (primary N) is 1. The standard InChI is InChI=1S/C10H13N3O3/c11-9(14)2-1-4-12-7-3-5-13-8(6-7)10(15)16/h3,5-6H,1-2,4H2,(H2,11,14)(H,12,13)(H,15,16). The van der Waals surface area contributed by atoms with Gasteiger partial charge in [-0.05, 0) is 18.6 Å². The molecule has 6 nitrogen and oxygen atoms in total. The van der Waals surface area contributed by atoms with E-state index in [2.05, 4.69) is 10.3 Å². The van der Waals surface area contributed by atoms with E-state index in [9.17, 15) is 9.59 Å². The zero-order valence-corrected chi connectivity index (χ0v) is 8.64. The van der Waals surface area contributed by atoms with Gasteiger partial charge in [0.05, 0.1) is 0 Å². The average Bonchev–Trinajstić information content (AvgIpc) is 2.24. The summed E-state index contributed by atoms with van der Waals surface area (Å²) in [4.78, 5) is 24.8. The monoisotopic (exact) mass is 223 g/mol. The second-order valence-corrected chi connectivity index (χ2v) is 3.23. The largest absolute Gasteiger partial charge is 0.477 e. The fourth-order valence-electron chi connectivity index (χ4n) is 1.15. The second-order valence-electron chi connectivity index (χ2n) is 3.23. The highest BCUT2D eigenvalue weighted by Gasteiger charge is 2.04. The van der Waals surface area contributed by atoms with Crippen molar-refractivity contribution in [2.75, 3.05) is 11.9 Å². The van der Waals surface area contributed by atoms with Gasteiger partial charge in [0.25, 0.3) is 0 Å². The number of primary amides is 1. The molecule has 0 saturated heterocycles. The molecular weight excluding hydrogens is 210 g/mol. The maximum atomic E-state index is 10.6. The molecule has 0 aliphatic rings. The molecule has 0 spiro atoms. The van der Waals surface area contributed by atoms with Gasteiger partial charge in [0.1, 0.15) is 5.69 Å². The minimum atomic E-state index is -1.07. The average molecular weight is 223 g/mol. The van der Waals surface area contributed by atoms with Gasteiger partial charge in [-0.2, -0.15) is 0 Å². The van der Waals surface area contributed by atoms with Crippen LogP contribution in [0.5, 0.6) is 0 Å². The van der Waals surface area contributed by atoms with E-state index in [1.54, 1.807) is 6.07 Å². The van der Waals surface area contributed by atoms with Crippen molar-refractivity contribution in [1.29, 1.82) is 0 Å². The number of hydrogen-bond acceptors (Lipinski definition) is 4. The molecule has 0 radical (unpaired) electrons. The Labute approximate surface area is 92.5 Å². The van der Waals surface area contributed by atoms with Gasteiger partial charge in [0, 0.05) is 24.8 Å². The van der Waals surface area contributed by atoms with Crippen molar-refractivity contribution in [3.8, 4) is 0 Å². The number of aromatic carboxylic acids is 1. The summed E-state index contributed by atoms with van der Waals surface area (Å²) in [6, 6.07) is 3.10. The number of nitrogens with one attached hydrogen (secondary N) is 1. The molecule has 1 heterocycles. The summed E-state index contributed by atoms with van der Waals surface area (Å²) < 4.78 is 0. The zero-order valence-electron chi connectivity index (χ0n) is 8.64. The van der Waals surface area contributed by atoms with Gasteiger partial charge in [-0.3, -0.25) is 4.79 Å². The highest BCUT2D eigenvalue weighted by molar-refractivity contribution is 5.86. The molecule has 1 aromatic heterocycles. The van der Waals surface area contributed by atoms with E-state index in [4.69, 9.17) is 10.8 Å². The number of aromatic nitrogens is 1. The highest BCUT2D eigenvalue weighted by Crippen LogP contribution is 2.07. The lowest BCUT2D eigenvalue weighted by molar-refractivity contribution is -0.118. The van der Waals surface area contributed by atoms with Crippen molar-refractivity contribution in [2.24, 2.45) is 5.73 Å². The van der Waals surface area contributed by atoms with Crippen molar-refractivity contribution in [2.45, 2.75) is 12.8 Å². The SMILES string of the molecule is NC(=O)CCCNc1ccnc(C(=O)O)c1. The zero-order chi connectivity index (χ0) is 12.0. The molecule has 4 N–H and O–H groups in total. The van der Waals surface area contributed by atoms with E-state index in [0.717, 1.165) is 0 Å². The predicted octanol–water partition coefficient (Wildman–Crippen LogP) is 0.457. The number of carbonyl (C=O) groups is 2. The third-order valence-electron chi connectivity index (χ3n) is 1.91. The fourth-order valence-corrected chi connectivity index (χ4v) is 1.15. The number of carboxylic acids is 1. The molecule has 0 bridgehead atoms. The molecule has 0 aliphatic heterocycles. The number of rotatable bonds is 6. The normalized spacial score (nSPS) is 9.75. The third-order valence-corrected chi connectivity index (χ3v) is 1.91. The van der Waals surface area contributed by atoms with Crippen LogP contribution in [0.1, 0.15) is 23.3 Å². The molecule has 86 valence electrons. The van der Waals surface area contributed by atoms with E-state index >= 15 is 0 Å². The summed E-state index contributed by atoms with van der Waals surface area (Å²) in [5, 5.41) is 11.7. The molecule has 1 aromatic rings. The number of amides is 1. The van der Waals surface area contributed by atoms with Crippen LogP contribution >= 0.6 is 0 Å². The Hall–Kier alpha value is -2.11. The summed E-state index contributed by atoms with van der Waals surface area (Å²) >= 11 is 0. The van der Waals surface area contributed by atoms with Crippen LogP contribution < -0.4 is 11.1 Å². The van der Waals surface area contributed by atoms with E-state index in [0.29, 0.717) is 25.1 Å². The number of pyridine rings is 1. The van der Waals surface area contributed by atoms with Gasteiger partial charge >= 0.3 is 5.97 Å². The van der Waals surface area contributed by atoms with Gasteiger partial charge < -0.3 is 16.2 Å². The molecule has 1 amide bonds. The van der Waals surface area contributed by atoms with Crippen molar-refractivity contribution in [3.05, 3.63) is 24.0 Å². The van der Waals surface area contributed by atoms with Gasteiger partial charge in [0.2, 0.25) is 5.91 Å². The molecule has 0 aromatic carbocycles. The lowest BCUT2D eigenvalue weighted by atomic mass is 10.2. The molecule has 0 saturated carbocycles. The lowest BCUT2D eigenvalue weighted by Crippen LogP contribution is -2.12. The fraction of sp³-hybridized carbons (Fsp3) is 0.300. The van der Waals surface area contributed by atoms with E-state index in [1.807, 2.05) is 0 Å². The van der Waals surface area contributed by atoms with Gasteiger partial charge in [0.15, 0.2) is 0 Å². The Morgan fingerprint density at radius 2 is 2.25 bits per heavy atom. The summed E-state index contributed by atoms with van der Waals surface area (Å²) in [7, 11) is 0. The van der Waals surface area contributed by atoms with Crippen LogP contribution in [0.4, 0.5) is 5.69 Å². The first-order valence-corrected chi connectivity index (χ1v) is 4.81. The lowest BCUT2D eigenvalue weighted by Gasteiger charge is -2.05. The summed E-state index contributed by atoms with van der Waals surface area (Å²) in [5.41, 5.74) is 5.63. The van der Waals surface area contributed by atoms with Crippen LogP contribution in [-0.4, -0.2) is 28.5 Å². The molecule has 16 heavy (non-hydrogen) atoms. The number of hydrogen-bond donors (Lipinski definition) is 3. The van der Waals surface area contributed by atoms with E-state index < -0.39 is 5.97 Å². The molecule has 0 atom stereocenters. The van der Waals surface area contributed by atoms with Crippen molar-refractivity contribution in [3.63, 3.8) is 0 Å². The minimum absolute atomic E-state index is 0.0140. The van der Waals surface area contributed by atoms with Crippen LogP contribution in [-0.2, 0) is 4.79 Å². The Balaban J connectivity index is 2.45. The third kappa shape index (κ3) is 3.95. The molecular formula is C10H13N3O3. The Morgan fingerprint density at radius 3 is 2.88 bits per heavy atom. The Bertz CT molecular complexity index is 393. The van der Waals surface area contributed by atoms with E-state index in [-0.39, 0.29) is 11.6 Å². The van der Waals surface area contributed by atoms with Gasteiger partial charge in [-0.15, -0.1) is 0 Å². The Morgan fingerprint density at radius 1 is 1.50 bits per heavy atom. The van der Waals surface area contributed by atoms with Crippen LogP contribution in [0.25, 0.3) is 0 Å². The summed E-state index contributed by atoms with van der Waals surface area (Å²) in [5.74, 6) is -1.41. The van der Waals surface area contributed by atoms with Crippen LogP contribution in [0, 0.1) is 0 Å². The van der Waals surface area contributed by atoms with E-state index in [1.165, 1.54) is 12.3 Å².